The second-order valence-electron chi connectivity index (χ2n) is 6.11. The van der Waals surface area contributed by atoms with Crippen LogP contribution in [0.2, 0.25) is 0 Å². The van der Waals surface area contributed by atoms with Gasteiger partial charge in [-0.2, -0.15) is 13.2 Å². The van der Waals surface area contributed by atoms with E-state index in [-0.39, 0.29) is 11.9 Å². The molecule has 0 aliphatic carbocycles. The summed E-state index contributed by atoms with van der Waals surface area (Å²) in [5.74, 6) is 1.01. The molecule has 0 saturated carbocycles. The number of nitrogens with zero attached hydrogens (tertiary/aromatic N) is 3. The Labute approximate surface area is 157 Å². The van der Waals surface area contributed by atoms with Gasteiger partial charge in [0.1, 0.15) is 23.6 Å². The molecule has 2 aromatic rings. The number of ether oxygens (including phenoxy) is 1. The topological polar surface area (TPSA) is 50.3 Å². The van der Waals surface area contributed by atoms with E-state index in [4.69, 9.17) is 4.74 Å². The van der Waals surface area contributed by atoms with Gasteiger partial charge in [-0.15, -0.1) is 0 Å². The predicted molar refractivity (Wildman–Crippen MR) is 95.0 cm³/mol. The number of halogens is 4. The number of alkyl halides is 3. The van der Waals surface area contributed by atoms with E-state index in [9.17, 15) is 13.2 Å². The van der Waals surface area contributed by atoms with Crippen LogP contribution in [0.4, 0.5) is 19.0 Å². The Morgan fingerprint density at radius 2 is 2.12 bits per heavy atom. The monoisotopic (exact) mass is 430 g/mol. The van der Waals surface area contributed by atoms with Crippen molar-refractivity contribution in [2.24, 2.45) is 0 Å². The van der Waals surface area contributed by atoms with E-state index in [1.807, 2.05) is 18.2 Å². The van der Waals surface area contributed by atoms with Gasteiger partial charge in [-0.25, -0.2) is 9.97 Å². The summed E-state index contributed by atoms with van der Waals surface area (Å²) in [6.07, 6.45) is -2.72. The highest BCUT2D eigenvalue weighted by atomic mass is 79.9. The maximum Gasteiger partial charge on any atom is 0.433 e. The van der Waals surface area contributed by atoms with Crippen molar-refractivity contribution in [3.8, 4) is 5.75 Å². The first-order valence-corrected chi connectivity index (χ1v) is 8.85. The van der Waals surface area contributed by atoms with E-state index in [2.05, 4.69) is 36.1 Å². The molecule has 0 radical (unpaired) electrons. The van der Waals surface area contributed by atoms with Crippen LogP contribution in [0, 0.1) is 0 Å². The SMILES string of the molecule is COc1ccc(Br)cc1CN1CCC(Nc2cc(C(F)(F)F)ncn2)C1. The lowest BCUT2D eigenvalue weighted by atomic mass is 10.2. The Kier molecular flexibility index (Phi) is 5.67. The van der Waals surface area contributed by atoms with Crippen molar-refractivity contribution in [1.29, 1.82) is 0 Å². The van der Waals surface area contributed by atoms with Crippen LogP contribution in [0.3, 0.4) is 0 Å². The van der Waals surface area contributed by atoms with Crippen molar-refractivity contribution < 1.29 is 17.9 Å². The molecular formula is C17H18BrF3N4O. The molecular weight excluding hydrogens is 413 g/mol. The van der Waals surface area contributed by atoms with E-state index >= 15 is 0 Å². The van der Waals surface area contributed by atoms with E-state index < -0.39 is 11.9 Å². The third-order valence-corrected chi connectivity index (χ3v) is 4.71. The van der Waals surface area contributed by atoms with Crippen molar-refractivity contribution in [2.75, 3.05) is 25.5 Å². The molecule has 1 aliphatic rings. The van der Waals surface area contributed by atoms with Gasteiger partial charge in [0.15, 0.2) is 0 Å². The van der Waals surface area contributed by atoms with Crippen molar-refractivity contribution in [3.05, 3.63) is 46.3 Å². The molecule has 2 heterocycles. The molecule has 0 spiro atoms. The first-order chi connectivity index (χ1) is 12.3. The summed E-state index contributed by atoms with van der Waals surface area (Å²) < 4.78 is 44.6. The highest BCUT2D eigenvalue weighted by molar-refractivity contribution is 9.10. The summed E-state index contributed by atoms with van der Waals surface area (Å²) in [5, 5.41) is 3.08. The number of rotatable bonds is 5. The van der Waals surface area contributed by atoms with Crippen LogP contribution in [-0.4, -0.2) is 41.1 Å². The Bertz CT molecular complexity index is 772. The Morgan fingerprint density at radius 3 is 2.85 bits per heavy atom. The van der Waals surface area contributed by atoms with Gasteiger partial charge in [-0.05, 0) is 24.6 Å². The molecule has 5 nitrogen and oxygen atoms in total. The van der Waals surface area contributed by atoms with Gasteiger partial charge >= 0.3 is 6.18 Å². The second kappa shape index (κ2) is 7.79. The number of methoxy groups -OCH3 is 1. The highest BCUT2D eigenvalue weighted by Crippen LogP contribution is 2.29. The molecule has 1 saturated heterocycles. The fraction of sp³-hybridized carbons (Fsp3) is 0.412. The van der Waals surface area contributed by atoms with Crippen molar-refractivity contribution in [1.82, 2.24) is 14.9 Å². The minimum absolute atomic E-state index is 0.0316. The molecule has 1 aromatic carbocycles. The zero-order valence-corrected chi connectivity index (χ0v) is 15.6. The molecule has 0 amide bonds. The lowest BCUT2D eigenvalue weighted by Gasteiger charge is -2.19. The van der Waals surface area contributed by atoms with Crippen molar-refractivity contribution in [3.63, 3.8) is 0 Å². The van der Waals surface area contributed by atoms with Gasteiger partial charge in [0.25, 0.3) is 0 Å². The summed E-state index contributed by atoms with van der Waals surface area (Å²) in [4.78, 5) is 9.41. The number of likely N-dealkylation sites (tertiary alicyclic amines) is 1. The first kappa shape index (κ1) is 18.9. The zero-order valence-electron chi connectivity index (χ0n) is 14.1. The molecule has 1 atom stereocenters. The quantitative estimate of drug-likeness (QED) is 0.777. The van der Waals surface area contributed by atoms with Crippen LogP contribution in [-0.2, 0) is 12.7 Å². The van der Waals surface area contributed by atoms with Crippen molar-refractivity contribution >= 4 is 21.7 Å². The van der Waals surface area contributed by atoms with E-state index in [1.165, 1.54) is 0 Å². The van der Waals surface area contributed by atoms with Crippen LogP contribution in [0.15, 0.2) is 35.1 Å². The number of benzene rings is 1. The molecule has 1 unspecified atom stereocenters. The van der Waals surface area contributed by atoms with E-state index in [0.717, 1.165) is 41.1 Å². The van der Waals surface area contributed by atoms with Gasteiger partial charge < -0.3 is 10.1 Å². The first-order valence-electron chi connectivity index (χ1n) is 8.05. The largest absolute Gasteiger partial charge is 0.496 e. The Morgan fingerprint density at radius 1 is 1.31 bits per heavy atom. The van der Waals surface area contributed by atoms with Gasteiger partial charge in [-0.1, -0.05) is 15.9 Å². The van der Waals surface area contributed by atoms with Crippen LogP contribution < -0.4 is 10.1 Å². The van der Waals surface area contributed by atoms with Crippen LogP contribution >= 0.6 is 15.9 Å². The Hall–Kier alpha value is -1.87. The fourth-order valence-corrected chi connectivity index (χ4v) is 3.41. The minimum atomic E-state index is -4.47. The lowest BCUT2D eigenvalue weighted by Crippen LogP contribution is -2.26. The van der Waals surface area contributed by atoms with Gasteiger partial charge in [0.2, 0.25) is 0 Å². The number of anilines is 1. The highest BCUT2D eigenvalue weighted by Gasteiger charge is 2.33. The van der Waals surface area contributed by atoms with Crippen LogP contribution in [0.25, 0.3) is 0 Å². The smallest absolute Gasteiger partial charge is 0.433 e. The molecule has 1 fully saturated rings. The van der Waals surface area contributed by atoms with E-state index in [0.29, 0.717) is 13.1 Å². The second-order valence-corrected chi connectivity index (χ2v) is 7.02. The molecule has 9 heteroatoms. The van der Waals surface area contributed by atoms with Crippen LogP contribution in [0.5, 0.6) is 5.75 Å². The molecule has 3 rings (SSSR count). The standard InChI is InChI=1S/C17H18BrF3N4O/c1-26-14-3-2-12(18)6-11(14)8-25-5-4-13(9-25)24-16-7-15(17(19,20)21)22-10-23-16/h2-3,6-7,10,13H,4-5,8-9H2,1H3,(H,22,23,24). The summed E-state index contributed by atoms with van der Waals surface area (Å²) in [6, 6.07) is 6.82. The number of hydrogen-bond acceptors (Lipinski definition) is 5. The molecule has 0 bridgehead atoms. The average molecular weight is 431 g/mol. The average Bonchev–Trinajstić information content (AvgIpc) is 3.01. The van der Waals surface area contributed by atoms with Gasteiger partial charge in [0.05, 0.1) is 7.11 Å². The number of hydrogen-bond donors (Lipinski definition) is 1. The predicted octanol–water partition coefficient (Wildman–Crippen LogP) is 3.95. The normalized spacial score (nSPS) is 18.1. The number of nitrogens with one attached hydrogen (secondary N) is 1. The lowest BCUT2D eigenvalue weighted by molar-refractivity contribution is -0.141. The third-order valence-electron chi connectivity index (χ3n) is 4.22. The van der Waals surface area contributed by atoms with E-state index in [1.54, 1.807) is 7.11 Å². The molecule has 26 heavy (non-hydrogen) atoms. The maximum atomic E-state index is 12.7. The summed E-state index contributed by atoms with van der Waals surface area (Å²) >= 11 is 3.46. The summed E-state index contributed by atoms with van der Waals surface area (Å²) in [6.45, 7) is 2.25. The van der Waals surface area contributed by atoms with Gasteiger partial charge in [-0.3, -0.25) is 4.90 Å². The zero-order chi connectivity index (χ0) is 18.7. The number of aromatic nitrogens is 2. The molecule has 1 aromatic heterocycles. The molecule has 140 valence electrons. The third kappa shape index (κ3) is 4.64. The van der Waals surface area contributed by atoms with Crippen molar-refractivity contribution in [2.45, 2.75) is 25.2 Å². The maximum absolute atomic E-state index is 12.7. The molecule has 1 aliphatic heterocycles. The fourth-order valence-electron chi connectivity index (χ4n) is 3.01. The van der Waals surface area contributed by atoms with Crippen LogP contribution in [0.1, 0.15) is 17.7 Å². The minimum Gasteiger partial charge on any atom is -0.496 e. The van der Waals surface area contributed by atoms with Gasteiger partial charge in [0, 0.05) is 41.8 Å². The summed E-state index contributed by atoms with van der Waals surface area (Å²) in [5.41, 5.74) is 0.118. The summed E-state index contributed by atoms with van der Waals surface area (Å²) in [7, 11) is 1.63. The molecule has 1 N–H and O–H groups in total. The Balaban J connectivity index is 1.62.